The lowest BCUT2D eigenvalue weighted by Crippen LogP contribution is -2.06. The number of benzene rings is 2. The number of ether oxygens (including phenoxy) is 1. The highest BCUT2D eigenvalue weighted by molar-refractivity contribution is 5.31. The van der Waals surface area contributed by atoms with Crippen LogP contribution in [0.1, 0.15) is 24.1 Å². The third kappa shape index (κ3) is 3.51. The Morgan fingerprint density at radius 2 is 1.70 bits per heavy atom. The second kappa shape index (κ2) is 5.96. The van der Waals surface area contributed by atoms with Gasteiger partial charge in [-0.3, -0.25) is 0 Å². The number of halogens is 3. The third-order valence-electron chi connectivity index (χ3n) is 2.80. The van der Waals surface area contributed by atoms with Crippen molar-refractivity contribution in [3.05, 3.63) is 65.0 Å². The van der Waals surface area contributed by atoms with Crippen molar-refractivity contribution in [3.63, 3.8) is 0 Å². The zero-order valence-electron chi connectivity index (χ0n) is 10.9. The minimum atomic E-state index is -0.698. The van der Waals surface area contributed by atoms with Crippen molar-refractivity contribution in [2.24, 2.45) is 5.73 Å². The zero-order chi connectivity index (χ0) is 14.7. The summed E-state index contributed by atoms with van der Waals surface area (Å²) in [5.74, 6) is -1.94. The van der Waals surface area contributed by atoms with E-state index in [0.29, 0.717) is 5.56 Å². The van der Waals surface area contributed by atoms with Gasteiger partial charge in [0.25, 0.3) is 0 Å². The monoisotopic (exact) mass is 281 g/mol. The van der Waals surface area contributed by atoms with E-state index in [2.05, 4.69) is 0 Å². The smallest absolute Gasteiger partial charge is 0.165 e. The van der Waals surface area contributed by atoms with Crippen LogP contribution in [0, 0.1) is 17.5 Å². The van der Waals surface area contributed by atoms with Crippen molar-refractivity contribution < 1.29 is 17.9 Å². The third-order valence-corrected chi connectivity index (χ3v) is 2.80. The van der Waals surface area contributed by atoms with Gasteiger partial charge in [-0.15, -0.1) is 0 Å². The molecule has 106 valence electrons. The standard InChI is InChI=1S/C15H14F3NO/c1-9(19)11-2-3-15(14(18)6-11)20-8-10-4-12(16)7-13(17)5-10/h2-7,9H,8,19H2,1H3. The molecule has 1 atom stereocenters. The van der Waals surface area contributed by atoms with Crippen molar-refractivity contribution in [2.75, 3.05) is 0 Å². The van der Waals surface area contributed by atoms with Crippen LogP contribution in [-0.4, -0.2) is 0 Å². The van der Waals surface area contributed by atoms with Gasteiger partial charge < -0.3 is 10.5 Å². The summed E-state index contributed by atoms with van der Waals surface area (Å²) in [6.07, 6.45) is 0. The summed E-state index contributed by atoms with van der Waals surface area (Å²) in [6, 6.07) is 7.14. The average Bonchev–Trinajstić information content (AvgIpc) is 2.36. The average molecular weight is 281 g/mol. The lowest BCUT2D eigenvalue weighted by atomic mass is 10.1. The fraction of sp³-hybridized carbons (Fsp3) is 0.200. The van der Waals surface area contributed by atoms with E-state index in [1.165, 1.54) is 12.1 Å². The van der Waals surface area contributed by atoms with Gasteiger partial charge in [-0.2, -0.15) is 0 Å². The summed E-state index contributed by atoms with van der Waals surface area (Å²) >= 11 is 0. The van der Waals surface area contributed by atoms with Gasteiger partial charge in [0.1, 0.15) is 18.2 Å². The Hall–Kier alpha value is -2.01. The summed E-state index contributed by atoms with van der Waals surface area (Å²) in [7, 11) is 0. The molecule has 0 amide bonds. The second-order valence-corrected chi connectivity index (χ2v) is 4.54. The van der Waals surface area contributed by atoms with Crippen LogP contribution in [0.4, 0.5) is 13.2 Å². The quantitative estimate of drug-likeness (QED) is 0.927. The largest absolute Gasteiger partial charge is 0.486 e. The fourth-order valence-corrected chi connectivity index (χ4v) is 1.77. The van der Waals surface area contributed by atoms with Gasteiger partial charge in [0.2, 0.25) is 0 Å². The van der Waals surface area contributed by atoms with Crippen LogP contribution >= 0.6 is 0 Å². The number of hydrogen-bond donors (Lipinski definition) is 1. The molecular formula is C15H14F3NO. The highest BCUT2D eigenvalue weighted by Crippen LogP contribution is 2.22. The Kier molecular flexibility index (Phi) is 4.29. The molecule has 0 fully saturated rings. The number of hydrogen-bond acceptors (Lipinski definition) is 2. The molecule has 0 saturated heterocycles. The molecule has 0 aliphatic carbocycles. The molecule has 0 aromatic heterocycles. The summed E-state index contributed by atoms with van der Waals surface area (Å²) in [4.78, 5) is 0. The lowest BCUT2D eigenvalue weighted by molar-refractivity contribution is 0.289. The molecule has 2 aromatic carbocycles. The summed E-state index contributed by atoms with van der Waals surface area (Å²) in [5.41, 5.74) is 6.58. The molecule has 0 radical (unpaired) electrons. The molecule has 0 aliphatic heterocycles. The van der Waals surface area contributed by atoms with Gasteiger partial charge in [0, 0.05) is 12.1 Å². The second-order valence-electron chi connectivity index (χ2n) is 4.54. The van der Waals surface area contributed by atoms with E-state index in [1.807, 2.05) is 0 Å². The van der Waals surface area contributed by atoms with Crippen molar-refractivity contribution in [1.29, 1.82) is 0 Å². The van der Waals surface area contributed by atoms with Gasteiger partial charge in [-0.1, -0.05) is 6.07 Å². The van der Waals surface area contributed by atoms with E-state index < -0.39 is 17.5 Å². The Labute approximate surface area is 115 Å². The maximum atomic E-state index is 13.7. The SMILES string of the molecule is CC(N)c1ccc(OCc2cc(F)cc(F)c2)c(F)c1. The van der Waals surface area contributed by atoms with E-state index in [4.69, 9.17) is 10.5 Å². The first-order chi connectivity index (χ1) is 9.45. The Balaban J connectivity index is 2.11. The minimum absolute atomic E-state index is 0.0130. The normalized spacial score (nSPS) is 12.2. The van der Waals surface area contributed by atoms with Gasteiger partial charge in [-0.25, -0.2) is 13.2 Å². The summed E-state index contributed by atoms with van der Waals surface area (Å²) in [5, 5.41) is 0. The van der Waals surface area contributed by atoms with Crippen LogP contribution in [0.25, 0.3) is 0 Å². The molecule has 1 unspecified atom stereocenters. The Morgan fingerprint density at radius 3 is 2.25 bits per heavy atom. The van der Waals surface area contributed by atoms with Crippen LogP contribution in [0.15, 0.2) is 36.4 Å². The van der Waals surface area contributed by atoms with Crippen molar-refractivity contribution >= 4 is 0 Å². The van der Waals surface area contributed by atoms with Gasteiger partial charge >= 0.3 is 0 Å². The van der Waals surface area contributed by atoms with Crippen molar-refractivity contribution in [1.82, 2.24) is 0 Å². The first-order valence-corrected chi connectivity index (χ1v) is 6.08. The number of nitrogens with two attached hydrogens (primary N) is 1. The Bertz CT molecular complexity index is 594. The van der Waals surface area contributed by atoms with Crippen LogP contribution in [0.3, 0.4) is 0 Å². The first-order valence-electron chi connectivity index (χ1n) is 6.08. The van der Waals surface area contributed by atoms with Crippen molar-refractivity contribution in [3.8, 4) is 5.75 Å². The summed E-state index contributed by atoms with van der Waals surface area (Å²) in [6.45, 7) is 1.62. The highest BCUT2D eigenvalue weighted by Gasteiger charge is 2.08. The predicted octanol–water partition coefficient (Wildman–Crippen LogP) is 3.70. The topological polar surface area (TPSA) is 35.2 Å². The predicted molar refractivity (Wildman–Crippen MR) is 69.7 cm³/mol. The van der Waals surface area contributed by atoms with Gasteiger partial charge in [0.05, 0.1) is 0 Å². The molecule has 2 aromatic rings. The molecule has 0 heterocycles. The highest BCUT2D eigenvalue weighted by atomic mass is 19.1. The minimum Gasteiger partial charge on any atom is -0.486 e. The molecule has 0 aliphatic rings. The van der Waals surface area contributed by atoms with Crippen LogP contribution in [0.5, 0.6) is 5.75 Å². The van der Waals surface area contributed by atoms with Crippen LogP contribution in [0.2, 0.25) is 0 Å². The van der Waals surface area contributed by atoms with E-state index in [1.54, 1.807) is 13.0 Å². The molecule has 20 heavy (non-hydrogen) atoms. The Morgan fingerprint density at radius 1 is 1.05 bits per heavy atom. The maximum Gasteiger partial charge on any atom is 0.165 e. The van der Waals surface area contributed by atoms with Crippen LogP contribution < -0.4 is 10.5 Å². The number of rotatable bonds is 4. The fourth-order valence-electron chi connectivity index (χ4n) is 1.77. The molecule has 2 rings (SSSR count). The molecule has 0 spiro atoms. The van der Waals surface area contributed by atoms with Gasteiger partial charge in [0.15, 0.2) is 11.6 Å². The van der Waals surface area contributed by atoms with E-state index in [0.717, 1.165) is 18.2 Å². The molecule has 2 N–H and O–H groups in total. The van der Waals surface area contributed by atoms with Gasteiger partial charge in [-0.05, 0) is 42.3 Å². The molecule has 0 saturated carbocycles. The first kappa shape index (κ1) is 14.4. The van der Waals surface area contributed by atoms with E-state index >= 15 is 0 Å². The van der Waals surface area contributed by atoms with E-state index in [-0.39, 0.29) is 24.0 Å². The summed E-state index contributed by atoms with van der Waals surface area (Å²) < 4.78 is 44.9. The maximum absolute atomic E-state index is 13.7. The molecule has 5 heteroatoms. The molecule has 2 nitrogen and oxygen atoms in total. The zero-order valence-corrected chi connectivity index (χ0v) is 10.9. The van der Waals surface area contributed by atoms with E-state index in [9.17, 15) is 13.2 Å². The lowest BCUT2D eigenvalue weighted by Gasteiger charge is -2.10. The molecule has 0 bridgehead atoms. The molecular weight excluding hydrogens is 267 g/mol. The van der Waals surface area contributed by atoms with Crippen molar-refractivity contribution in [2.45, 2.75) is 19.6 Å². The van der Waals surface area contributed by atoms with Crippen LogP contribution in [-0.2, 0) is 6.61 Å².